The Hall–Kier alpha value is -2.69. The van der Waals surface area contributed by atoms with E-state index >= 15 is 0 Å². The maximum absolute atomic E-state index is 13.6. The van der Waals surface area contributed by atoms with Crippen molar-refractivity contribution in [3.05, 3.63) is 59.9 Å². The molecule has 0 bridgehead atoms. The standard InChI is InChI=1S/C18H17FN2O2/c1-20-15-8-4-5-9-16(15)21(12-18(20)23)17(22)11-10-13-6-2-3-7-14(13)19/h2-9H,10-12H2,1H3. The fourth-order valence-electron chi connectivity index (χ4n) is 2.74. The van der Waals surface area contributed by atoms with Gasteiger partial charge in [-0.15, -0.1) is 0 Å². The molecule has 23 heavy (non-hydrogen) atoms. The number of carbonyl (C=O) groups is 2. The second kappa shape index (κ2) is 6.20. The smallest absolute Gasteiger partial charge is 0.246 e. The Kier molecular flexibility index (Phi) is 4.10. The number of nitrogens with zero attached hydrogens (tertiary/aromatic N) is 2. The van der Waals surface area contributed by atoms with Crippen LogP contribution in [-0.4, -0.2) is 25.4 Å². The van der Waals surface area contributed by atoms with Crippen molar-refractivity contribution in [2.24, 2.45) is 0 Å². The van der Waals surface area contributed by atoms with Crippen molar-refractivity contribution in [1.29, 1.82) is 0 Å². The van der Waals surface area contributed by atoms with E-state index in [1.54, 1.807) is 30.1 Å². The number of para-hydroxylation sites is 2. The number of carbonyl (C=O) groups excluding carboxylic acids is 2. The molecular weight excluding hydrogens is 295 g/mol. The van der Waals surface area contributed by atoms with Crippen LogP contribution in [0.5, 0.6) is 0 Å². The lowest BCUT2D eigenvalue weighted by molar-refractivity contribution is -0.122. The number of rotatable bonds is 3. The van der Waals surface area contributed by atoms with Gasteiger partial charge in [0.15, 0.2) is 0 Å². The van der Waals surface area contributed by atoms with E-state index in [1.807, 2.05) is 24.3 Å². The lowest BCUT2D eigenvalue weighted by atomic mass is 10.1. The topological polar surface area (TPSA) is 40.6 Å². The molecule has 118 valence electrons. The molecule has 0 saturated heterocycles. The highest BCUT2D eigenvalue weighted by atomic mass is 19.1. The van der Waals surface area contributed by atoms with Gasteiger partial charge in [-0.1, -0.05) is 30.3 Å². The predicted molar refractivity (Wildman–Crippen MR) is 86.9 cm³/mol. The molecule has 0 spiro atoms. The summed E-state index contributed by atoms with van der Waals surface area (Å²) < 4.78 is 13.6. The van der Waals surface area contributed by atoms with E-state index in [0.717, 1.165) is 0 Å². The number of benzene rings is 2. The number of likely N-dealkylation sites (N-methyl/N-ethyl adjacent to an activating group) is 1. The third-order valence-electron chi connectivity index (χ3n) is 4.07. The van der Waals surface area contributed by atoms with Gasteiger partial charge in [-0.2, -0.15) is 0 Å². The lowest BCUT2D eigenvalue weighted by Crippen LogP contribution is -2.46. The van der Waals surface area contributed by atoms with E-state index in [-0.39, 0.29) is 30.6 Å². The lowest BCUT2D eigenvalue weighted by Gasteiger charge is -2.34. The molecule has 0 aliphatic carbocycles. The first-order chi connectivity index (χ1) is 11.1. The highest BCUT2D eigenvalue weighted by Crippen LogP contribution is 2.32. The van der Waals surface area contributed by atoms with Gasteiger partial charge in [0, 0.05) is 13.5 Å². The second-order valence-electron chi connectivity index (χ2n) is 5.51. The largest absolute Gasteiger partial charge is 0.312 e. The first-order valence-corrected chi connectivity index (χ1v) is 7.47. The van der Waals surface area contributed by atoms with Gasteiger partial charge in [0.2, 0.25) is 11.8 Å². The molecule has 0 atom stereocenters. The summed E-state index contributed by atoms with van der Waals surface area (Å²) in [6.45, 7) is 0.0175. The van der Waals surface area contributed by atoms with Gasteiger partial charge in [-0.3, -0.25) is 9.59 Å². The normalized spacial score (nSPS) is 13.9. The van der Waals surface area contributed by atoms with Crippen molar-refractivity contribution in [2.75, 3.05) is 23.4 Å². The fraction of sp³-hybridized carbons (Fsp3) is 0.222. The molecule has 1 aliphatic rings. The van der Waals surface area contributed by atoms with Crippen LogP contribution in [0.25, 0.3) is 0 Å². The zero-order valence-electron chi connectivity index (χ0n) is 12.8. The van der Waals surface area contributed by atoms with Crippen LogP contribution in [-0.2, 0) is 16.0 Å². The molecule has 0 unspecified atom stereocenters. The minimum Gasteiger partial charge on any atom is -0.312 e. The van der Waals surface area contributed by atoms with E-state index < -0.39 is 0 Å². The number of anilines is 2. The molecule has 2 aromatic carbocycles. The van der Waals surface area contributed by atoms with E-state index in [9.17, 15) is 14.0 Å². The molecule has 2 amide bonds. The molecular formula is C18H17FN2O2. The molecule has 0 fully saturated rings. The molecule has 1 heterocycles. The highest BCUT2D eigenvalue weighted by Gasteiger charge is 2.29. The Balaban J connectivity index is 1.79. The Morgan fingerprint density at radius 2 is 1.74 bits per heavy atom. The van der Waals surface area contributed by atoms with Gasteiger partial charge in [-0.05, 0) is 30.2 Å². The van der Waals surface area contributed by atoms with Gasteiger partial charge in [-0.25, -0.2) is 4.39 Å². The van der Waals surface area contributed by atoms with Crippen molar-refractivity contribution >= 4 is 23.2 Å². The van der Waals surface area contributed by atoms with Gasteiger partial charge in [0.05, 0.1) is 11.4 Å². The van der Waals surface area contributed by atoms with Gasteiger partial charge in [0.25, 0.3) is 0 Å². The summed E-state index contributed by atoms with van der Waals surface area (Å²) in [6, 6.07) is 13.7. The minimum absolute atomic E-state index is 0.0175. The zero-order valence-corrected chi connectivity index (χ0v) is 12.8. The third kappa shape index (κ3) is 2.95. The fourth-order valence-corrected chi connectivity index (χ4v) is 2.74. The molecule has 1 aliphatic heterocycles. The first kappa shape index (κ1) is 15.2. The summed E-state index contributed by atoms with van der Waals surface area (Å²) >= 11 is 0. The monoisotopic (exact) mass is 312 g/mol. The van der Waals surface area contributed by atoms with E-state index in [1.165, 1.54) is 11.0 Å². The first-order valence-electron chi connectivity index (χ1n) is 7.47. The van der Waals surface area contributed by atoms with Gasteiger partial charge in [0.1, 0.15) is 12.4 Å². The minimum atomic E-state index is -0.310. The number of hydrogen-bond donors (Lipinski definition) is 0. The van der Waals surface area contributed by atoms with Crippen LogP contribution in [0.2, 0.25) is 0 Å². The van der Waals surface area contributed by atoms with Crippen LogP contribution in [0, 0.1) is 5.82 Å². The zero-order chi connectivity index (χ0) is 16.4. The molecule has 2 aromatic rings. The van der Waals surface area contributed by atoms with Crippen LogP contribution in [0.1, 0.15) is 12.0 Å². The maximum atomic E-state index is 13.6. The third-order valence-corrected chi connectivity index (χ3v) is 4.07. The van der Waals surface area contributed by atoms with Gasteiger partial charge < -0.3 is 9.80 Å². The molecule has 0 N–H and O–H groups in total. The number of aryl methyl sites for hydroxylation is 1. The maximum Gasteiger partial charge on any atom is 0.246 e. The SMILES string of the molecule is CN1C(=O)CN(C(=O)CCc2ccccc2F)c2ccccc21. The summed E-state index contributed by atoms with van der Waals surface area (Å²) in [7, 11) is 1.70. The van der Waals surface area contributed by atoms with Crippen LogP contribution in [0.3, 0.4) is 0 Å². The summed E-state index contributed by atoms with van der Waals surface area (Å²) in [5.74, 6) is -0.625. The molecule has 4 nitrogen and oxygen atoms in total. The summed E-state index contributed by atoms with van der Waals surface area (Å²) in [5.41, 5.74) is 1.94. The predicted octanol–water partition coefficient (Wildman–Crippen LogP) is 2.77. The average Bonchev–Trinajstić information content (AvgIpc) is 2.57. The Bertz CT molecular complexity index is 760. The Labute approximate surface area is 134 Å². The number of halogens is 1. The van der Waals surface area contributed by atoms with Crippen LogP contribution < -0.4 is 9.80 Å². The van der Waals surface area contributed by atoms with Crippen molar-refractivity contribution in [1.82, 2.24) is 0 Å². The number of hydrogen-bond acceptors (Lipinski definition) is 2. The van der Waals surface area contributed by atoms with Crippen molar-refractivity contribution < 1.29 is 14.0 Å². The summed E-state index contributed by atoms with van der Waals surface area (Å²) in [6.07, 6.45) is 0.473. The van der Waals surface area contributed by atoms with Gasteiger partial charge >= 0.3 is 0 Å². The van der Waals surface area contributed by atoms with Crippen LogP contribution >= 0.6 is 0 Å². The molecule has 3 rings (SSSR count). The second-order valence-corrected chi connectivity index (χ2v) is 5.51. The van der Waals surface area contributed by atoms with Crippen molar-refractivity contribution in [2.45, 2.75) is 12.8 Å². The van der Waals surface area contributed by atoms with Crippen LogP contribution in [0.4, 0.5) is 15.8 Å². The number of amides is 2. The van der Waals surface area contributed by atoms with Crippen LogP contribution in [0.15, 0.2) is 48.5 Å². The van der Waals surface area contributed by atoms with Crippen molar-refractivity contribution in [3.8, 4) is 0 Å². The highest BCUT2D eigenvalue weighted by molar-refractivity contribution is 6.10. The van der Waals surface area contributed by atoms with E-state index in [2.05, 4.69) is 0 Å². The Morgan fingerprint density at radius 3 is 2.48 bits per heavy atom. The molecule has 0 saturated carbocycles. The summed E-state index contributed by atoms with van der Waals surface area (Å²) in [5, 5.41) is 0. The van der Waals surface area contributed by atoms with E-state index in [0.29, 0.717) is 23.4 Å². The van der Waals surface area contributed by atoms with E-state index in [4.69, 9.17) is 0 Å². The van der Waals surface area contributed by atoms with Crippen molar-refractivity contribution in [3.63, 3.8) is 0 Å². The molecule has 0 aromatic heterocycles. The quantitative estimate of drug-likeness (QED) is 0.874. The average molecular weight is 312 g/mol. The Morgan fingerprint density at radius 1 is 1.09 bits per heavy atom. The summed E-state index contributed by atoms with van der Waals surface area (Å²) in [4.78, 5) is 27.6. The molecule has 5 heteroatoms. The number of fused-ring (bicyclic) bond motifs is 1. The molecule has 0 radical (unpaired) electrons.